The summed E-state index contributed by atoms with van der Waals surface area (Å²) in [7, 11) is 0. The lowest BCUT2D eigenvalue weighted by Gasteiger charge is -2.30. The molecule has 0 spiro atoms. The third-order valence-corrected chi connectivity index (χ3v) is 6.94. The highest BCUT2D eigenvalue weighted by atomic mass is 19.1. The number of amides is 2. The summed E-state index contributed by atoms with van der Waals surface area (Å²) < 4.78 is 43.6. The van der Waals surface area contributed by atoms with E-state index in [1.165, 1.54) is 27.7 Å². The average molecular weight is 442 g/mol. The zero-order valence-corrected chi connectivity index (χ0v) is 17.1. The highest BCUT2D eigenvalue weighted by molar-refractivity contribution is 5.93. The molecule has 4 heterocycles. The van der Waals surface area contributed by atoms with Crippen LogP contribution in [0.3, 0.4) is 0 Å². The van der Waals surface area contributed by atoms with Crippen LogP contribution in [-0.4, -0.2) is 51.3 Å². The van der Waals surface area contributed by atoms with Crippen LogP contribution in [0, 0.1) is 17.6 Å². The highest BCUT2D eigenvalue weighted by Gasteiger charge is 2.64. The van der Waals surface area contributed by atoms with E-state index in [-0.39, 0.29) is 12.5 Å². The molecule has 0 radical (unpaired) electrons. The van der Waals surface area contributed by atoms with Gasteiger partial charge in [0.05, 0.1) is 18.3 Å². The Morgan fingerprint density at radius 1 is 1.19 bits per heavy atom. The minimum atomic E-state index is -1.00. The second-order valence-electron chi connectivity index (χ2n) is 8.76. The number of benzene rings is 1. The van der Waals surface area contributed by atoms with Crippen LogP contribution >= 0.6 is 0 Å². The predicted octanol–water partition coefficient (Wildman–Crippen LogP) is 3.71. The highest BCUT2D eigenvalue weighted by Crippen LogP contribution is 2.63. The second-order valence-corrected chi connectivity index (χ2v) is 8.76. The molecular weight excluding hydrogens is 421 g/mol. The Morgan fingerprint density at radius 3 is 2.84 bits per heavy atom. The van der Waals surface area contributed by atoms with Crippen LogP contribution in [-0.2, 0) is 5.54 Å². The maximum atomic E-state index is 14.7. The number of likely N-dealkylation sites (tertiary alicyclic amines) is 1. The van der Waals surface area contributed by atoms with Gasteiger partial charge in [-0.3, -0.25) is 0 Å². The van der Waals surface area contributed by atoms with Gasteiger partial charge in [0, 0.05) is 24.8 Å². The summed E-state index contributed by atoms with van der Waals surface area (Å²) in [6.07, 6.45) is 4.16. The number of alkyl halides is 1. The minimum Gasteiger partial charge on any atom is -0.346 e. The molecule has 0 bridgehead atoms. The van der Waals surface area contributed by atoms with Gasteiger partial charge >= 0.3 is 6.03 Å². The van der Waals surface area contributed by atoms with Crippen molar-refractivity contribution in [3.63, 3.8) is 0 Å². The molecule has 1 aromatic carbocycles. The van der Waals surface area contributed by atoms with Gasteiger partial charge in [-0.2, -0.15) is 5.10 Å². The number of fused-ring (bicyclic) bond motifs is 2. The van der Waals surface area contributed by atoms with Gasteiger partial charge in [-0.25, -0.2) is 27.5 Å². The Hall–Kier alpha value is -3.30. The molecule has 2 aromatic heterocycles. The summed E-state index contributed by atoms with van der Waals surface area (Å²) in [5.41, 5.74) is 0.605. The molecule has 3 aliphatic rings. The topological polar surface area (TPSA) is 65.8 Å². The first-order valence-corrected chi connectivity index (χ1v) is 10.7. The third kappa shape index (κ3) is 2.85. The number of hydrogen-bond acceptors (Lipinski definition) is 4. The van der Waals surface area contributed by atoms with Crippen LogP contribution in [0.15, 0.2) is 36.7 Å². The Balaban J connectivity index is 1.33. The van der Waals surface area contributed by atoms with Crippen LogP contribution in [0.4, 0.5) is 29.5 Å². The second kappa shape index (κ2) is 6.85. The first-order valence-electron chi connectivity index (χ1n) is 10.7. The lowest BCUT2D eigenvalue weighted by atomic mass is 10.0. The minimum absolute atomic E-state index is 0.0700. The zero-order valence-electron chi connectivity index (χ0n) is 17.1. The molecule has 2 amide bonds. The zero-order chi connectivity index (χ0) is 22.0. The molecule has 2 saturated heterocycles. The predicted molar refractivity (Wildman–Crippen MR) is 111 cm³/mol. The van der Waals surface area contributed by atoms with E-state index in [2.05, 4.69) is 10.4 Å². The fraction of sp³-hybridized carbons (Fsp3) is 0.409. The molecule has 32 heavy (non-hydrogen) atoms. The summed E-state index contributed by atoms with van der Waals surface area (Å²) in [4.78, 5) is 20.7. The molecule has 3 fully saturated rings. The number of nitrogens with zero attached hydrogens (tertiary/aromatic N) is 5. The monoisotopic (exact) mass is 442 g/mol. The van der Waals surface area contributed by atoms with Crippen molar-refractivity contribution >= 4 is 23.2 Å². The molecule has 3 aromatic rings. The molecule has 7 nitrogen and oxygen atoms in total. The van der Waals surface area contributed by atoms with E-state index in [1.807, 2.05) is 4.90 Å². The number of halogens is 3. The summed E-state index contributed by atoms with van der Waals surface area (Å²) >= 11 is 0. The van der Waals surface area contributed by atoms with Crippen molar-refractivity contribution in [2.75, 3.05) is 29.9 Å². The number of hydrogen-bond donors (Lipinski definition) is 1. The summed E-state index contributed by atoms with van der Waals surface area (Å²) in [5.74, 6) is -0.0299. The van der Waals surface area contributed by atoms with Gasteiger partial charge in [0.15, 0.2) is 5.65 Å². The lowest BCUT2D eigenvalue weighted by molar-refractivity contribution is 0.218. The number of carbonyl (C=O) groups excluding carboxylic acids is 1. The maximum Gasteiger partial charge on any atom is 0.322 e. The number of anilines is 2. The van der Waals surface area contributed by atoms with E-state index in [0.29, 0.717) is 42.2 Å². The molecule has 6 rings (SSSR count). The van der Waals surface area contributed by atoms with Crippen molar-refractivity contribution in [3.05, 3.63) is 53.9 Å². The largest absolute Gasteiger partial charge is 0.346 e. The molecular formula is C22H21F3N6O. The number of carbonyl (C=O) groups is 1. The SMILES string of the molecule is O=C(Nc1cnn2ccc(N3CC[C@H]4C[C@]43c3cc(F)ccc3F)nc12)N1CC[C@@H](F)C1. The van der Waals surface area contributed by atoms with Gasteiger partial charge in [-0.1, -0.05) is 0 Å². The van der Waals surface area contributed by atoms with Crippen molar-refractivity contribution in [1.29, 1.82) is 0 Å². The van der Waals surface area contributed by atoms with Crippen molar-refractivity contribution in [1.82, 2.24) is 19.5 Å². The maximum absolute atomic E-state index is 14.7. The first-order chi connectivity index (χ1) is 15.5. The number of piperidine rings is 1. The van der Waals surface area contributed by atoms with Crippen LogP contribution in [0.1, 0.15) is 24.8 Å². The molecule has 0 unspecified atom stereocenters. The number of nitrogens with one attached hydrogen (secondary N) is 1. The Labute approximate surface area is 181 Å². The standard InChI is InChI=1S/C22H21F3N6O/c23-14-1-2-17(25)16(9-14)22-10-13(22)3-7-30(22)19-5-8-31-20(28-19)18(11-26-31)27-21(32)29-6-4-15(24)12-29/h1-2,5,8-9,11,13,15H,3-4,6-7,10,12H2,(H,27,32)/t13-,15+,22+/m0/s1. The van der Waals surface area contributed by atoms with Crippen LogP contribution in [0.5, 0.6) is 0 Å². The number of aromatic nitrogens is 3. The molecule has 1 N–H and O–H groups in total. The molecule has 3 atom stereocenters. The van der Waals surface area contributed by atoms with Crippen LogP contribution < -0.4 is 10.2 Å². The fourth-order valence-corrected chi connectivity index (χ4v) is 5.29. The van der Waals surface area contributed by atoms with E-state index >= 15 is 0 Å². The van der Waals surface area contributed by atoms with Crippen molar-refractivity contribution in [2.24, 2.45) is 5.92 Å². The normalized spacial score (nSPS) is 26.6. The molecule has 2 aliphatic heterocycles. The van der Waals surface area contributed by atoms with Crippen LogP contribution in [0.25, 0.3) is 5.65 Å². The Kier molecular flexibility index (Phi) is 4.15. The fourth-order valence-electron chi connectivity index (χ4n) is 5.29. The summed E-state index contributed by atoms with van der Waals surface area (Å²) in [5, 5.41) is 7.00. The van der Waals surface area contributed by atoms with Crippen molar-refractivity contribution in [3.8, 4) is 0 Å². The van der Waals surface area contributed by atoms with Crippen LogP contribution in [0.2, 0.25) is 0 Å². The summed E-state index contributed by atoms with van der Waals surface area (Å²) in [6.45, 7) is 1.10. The smallest absolute Gasteiger partial charge is 0.322 e. The van der Waals surface area contributed by atoms with Gasteiger partial charge in [-0.05, 0) is 49.4 Å². The number of rotatable bonds is 3. The van der Waals surface area contributed by atoms with E-state index in [0.717, 1.165) is 18.9 Å². The Morgan fingerprint density at radius 2 is 2.06 bits per heavy atom. The molecule has 1 saturated carbocycles. The molecule has 1 aliphatic carbocycles. The lowest BCUT2D eigenvalue weighted by Crippen LogP contribution is -2.34. The average Bonchev–Trinajstić information content (AvgIpc) is 3.10. The van der Waals surface area contributed by atoms with E-state index in [4.69, 9.17) is 4.98 Å². The summed E-state index contributed by atoms with van der Waals surface area (Å²) in [6, 6.07) is 4.98. The van der Waals surface area contributed by atoms with E-state index in [9.17, 15) is 18.0 Å². The van der Waals surface area contributed by atoms with Gasteiger partial charge in [0.2, 0.25) is 0 Å². The van der Waals surface area contributed by atoms with Gasteiger partial charge < -0.3 is 15.1 Å². The quantitative estimate of drug-likeness (QED) is 0.672. The van der Waals surface area contributed by atoms with Gasteiger partial charge in [0.25, 0.3) is 0 Å². The molecule has 10 heteroatoms. The first kappa shape index (κ1) is 19.4. The van der Waals surface area contributed by atoms with Crippen molar-refractivity contribution < 1.29 is 18.0 Å². The van der Waals surface area contributed by atoms with E-state index in [1.54, 1.807) is 12.3 Å². The number of urea groups is 1. The Bertz CT molecular complexity index is 1230. The molecule has 166 valence electrons. The van der Waals surface area contributed by atoms with Gasteiger partial charge in [-0.15, -0.1) is 0 Å². The van der Waals surface area contributed by atoms with Gasteiger partial charge in [0.1, 0.15) is 29.3 Å². The third-order valence-electron chi connectivity index (χ3n) is 6.94. The van der Waals surface area contributed by atoms with E-state index < -0.39 is 29.4 Å². The van der Waals surface area contributed by atoms with Crippen molar-refractivity contribution in [2.45, 2.75) is 31.0 Å².